The van der Waals surface area contributed by atoms with E-state index in [0.29, 0.717) is 5.82 Å². The zero-order valence-corrected chi connectivity index (χ0v) is 12.8. The molecule has 2 amide bonds. The maximum atomic E-state index is 11.5. The van der Waals surface area contributed by atoms with Gasteiger partial charge in [0.15, 0.2) is 0 Å². The van der Waals surface area contributed by atoms with Crippen molar-refractivity contribution in [3.05, 3.63) is 42.4 Å². The molecule has 20 heavy (non-hydrogen) atoms. The zero-order valence-electron chi connectivity index (χ0n) is 12.8. The van der Waals surface area contributed by atoms with E-state index in [1.165, 1.54) is 0 Å². The minimum Gasteiger partial charge on any atom is -0.329 e. The third-order valence-corrected chi connectivity index (χ3v) is 1.98. The number of imidazole rings is 1. The zero-order chi connectivity index (χ0) is 15.4. The Labute approximate surface area is 120 Å². The molecule has 0 saturated carbocycles. The highest BCUT2D eigenvalue weighted by Crippen LogP contribution is 2.07. The van der Waals surface area contributed by atoms with Gasteiger partial charge in [-0.05, 0) is 19.1 Å². The molecule has 2 aromatic rings. The summed E-state index contributed by atoms with van der Waals surface area (Å²) in [5.74, 6) is 1.33. The van der Waals surface area contributed by atoms with Gasteiger partial charge in [0, 0.05) is 5.69 Å². The summed E-state index contributed by atoms with van der Waals surface area (Å²) in [6.07, 6.45) is 1.57. The molecule has 5 nitrogen and oxygen atoms in total. The first kappa shape index (κ1) is 17.7. The molecule has 0 radical (unpaired) electrons. The first-order valence-electron chi connectivity index (χ1n) is 6.89. The van der Waals surface area contributed by atoms with E-state index in [4.69, 9.17) is 0 Å². The second-order valence-corrected chi connectivity index (χ2v) is 3.33. The first-order chi connectivity index (χ1) is 9.74. The van der Waals surface area contributed by atoms with E-state index in [2.05, 4.69) is 20.6 Å². The third kappa shape index (κ3) is 6.58. The van der Waals surface area contributed by atoms with Crippen molar-refractivity contribution in [2.24, 2.45) is 0 Å². The molecule has 0 atom stereocenters. The molecule has 1 aromatic carbocycles. The molecule has 0 aliphatic heterocycles. The number of nitrogens with one attached hydrogen (secondary N) is 3. The SMILES string of the molecule is CC.CC.Cc1ncc(NC(=O)Nc2ccccc2)[nH]1. The lowest BCUT2D eigenvalue weighted by Crippen LogP contribution is -2.19. The molecular weight excluding hydrogens is 252 g/mol. The van der Waals surface area contributed by atoms with Gasteiger partial charge in [-0.1, -0.05) is 45.9 Å². The highest BCUT2D eigenvalue weighted by Gasteiger charge is 2.03. The molecule has 0 aliphatic carbocycles. The maximum Gasteiger partial charge on any atom is 0.324 e. The molecule has 1 heterocycles. The van der Waals surface area contributed by atoms with Gasteiger partial charge in [-0.25, -0.2) is 9.78 Å². The van der Waals surface area contributed by atoms with Crippen LogP contribution in [0.25, 0.3) is 0 Å². The quantitative estimate of drug-likeness (QED) is 0.760. The van der Waals surface area contributed by atoms with Gasteiger partial charge in [-0.2, -0.15) is 0 Å². The van der Waals surface area contributed by atoms with Crippen LogP contribution in [-0.4, -0.2) is 16.0 Å². The summed E-state index contributed by atoms with van der Waals surface area (Å²) >= 11 is 0. The van der Waals surface area contributed by atoms with Crippen molar-refractivity contribution in [1.29, 1.82) is 0 Å². The van der Waals surface area contributed by atoms with E-state index in [9.17, 15) is 4.79 Å². The smallest absolute Gasteiger partial charge is 0.324 e. The molecule has 0 bridgehead atoms. The minimum absolute atomic E-state index is 0.296. The number of aryl methyl sites for hydroxylation is 1. The molecular formula is C15H24N4O. The van der Waals surface area contributed by atoms with Crippen LogP contribution in [0.4, 0.5) is 16.3 Å². The molecule has 2 rings (SSSR count). The van der Waals surface area contributed by atoms with Gasteiger partial charge in [0.05, 0.1) is 6.20 Å². The molecule has 0 spiro atoms. The number of benzene rings is 1. The number of hydrogen-bond donors (Lipinski definition) is 3. The Morgan fingerprint density at radius 3 is 2.15 bits per heavy atom. The van der Waals surface area contributed by atoms with Gasteiger partial charge < -0.3 is 10.3 Å². The number of anilines is 2. The van der Waals surface area contributed by atoms with Crippen LogP contribution < -0.4 is 10.6 Å². The molecule has 0 saturated heterocycles. The van der Waals surface area contributed by atoms with Gasteiger partial charge in [-0.3, -0.25) is 5.32 Å². The Hall–Kier alpha value is -2.30. The van der Waals surface area contributed by atoms with Gasteiger partial charge in [0.1, 0.15) is 11.6 Å². The molecule has 5 heteroatoms. The van der Waals surface area contributed by atoms with Crippen molar-refractivity contribution < 1.29 is 4.79 Å². The van der Waals surface area contributed by atoms with E-state index in [1.54, 1.807) is 6.20 Å². The van der Waals surface area contributed by atoms with Crippen LogP contribution >= 0.6 is 0 Å². The van der Waals surface area contributed by atoms with E-state index in [1.807, 2.05) is 65.0 Å². The number of carbonyl (C=O) groups is 1. The van der Waals surface area contributed by atoms with Crippen LogP contribution in [0.5, 0.6) is 0 Å². The monoisotopic (exact) mass is 276 g/mol. The van der Waals surface area contributed by atoms with Crippen LogP contribution in [0.15, 0.2) is 36.5 Å². The fourth-order valence-electron chi connectivity index (χ4n) is 1.29. The van der Waals surface area contributed by atoms with Gasteiger partial charge in [-0.15, -0.1) is 0 Å². The summed E-state index contributed by atoms with van der Waals surface area (Å²) in [6.45, 7) is 9.82. The second kappa shape index (κ2) is 10.6. The molecule has 0 fully saturated rings. The molecule has 0 unspecified atom stereocenters. The van der Waals surface area contributed by atoms with Crippen LogP contribution in [0.2, 0.25) is 0 Å². The number of urea groups is 1. The largest absolute Gasteiger partial charge is 0.329 e. The lowest BCUT2D eigenvalue weighted by molar-refractivity contribution is 0.262. The number of rotatable bonds is 2. The number of amides is 2. The Balaban J connectivity index is 0.000000829. The lowest BCUT2D eigenvalue weighted by atomic mass is 10.3. The predicted molar refractivity (Wildman–Crippen MR) is 85.1 cm³/mol. The average Bonchev–Trinajstić information content (AvgIpc) is 2.89. The number of aromatic amines is 1. The summed E-state index contributed by atoms with van der Waals surface area (Å²) in [7, 11) is 0. The van der Waals surface area contributed by atoms with E-state index in [0.717, 1.165) is 11.5 Å². The van der Waals surface area contributed by atoms with Crippen molar-refractivity contribution in [3.63, 3.8) is 0 Å². The number of hydrogen-bond acceptors (Lipinski definition) is 2. The molecule has 0 aliphatic rings. The summed E-state index contributed by atoms with van der Waals surface area (Å²) in [5, 5.41) is 5.34. The fraction of sp³-hybridized carbons (Fsp3) is 0.333. The Bertz CT molecular complexity index is 480. The fourth-order valence-corrected chi connectivity index (χ4v) is 1.29. The van der Waals surface area contributed by atoms with Crippen LogP contribution in [0.1, 0.15) is 33.5 Å². The van der Waals surface area contributed by atoms with Gasteiger partial charge >= 0.3 is 6.03 Å². The number of H-pyrrole nitrogens is 1. The van der Waals surface area contributed by atoms with Gasteiger partial charge in [0.2, 0.25) is 0 Å². The molecule has 110 valence electrons. The van der Waals surface area contributed by atoms with Gasteiger partial charge in [0.25, 0.3) is 0 Å². The summed E-state index contributed by atoms with van der Waals surface area (Å²) in [4.78, 5) is 18.4. The standard InChI is InChI=1S/C11H12N4O.2C2H6/c1-8-12-7-10(13-8)15-11(16)14-9-5-3-2-4-6-9;2*1-2/h2-7H,1H3,(H,12,13)(H2,14,15,16);2*1-2H3. The van der Waals surface area contributed by atoms with Crippen LogP contribution in [0.3, 0.4) is 0 Å². The van der Waals surface area contributed by atoms with Crippen molar-refractivity contribution in [1.82, 2.24) is 9.97 Å². The molecule has 3 N–H and O–H groups in total. The third-order valence-electron chi connectivity index (χ3n) is 1.98. The summed E-state index contributed by atoms with van der Waals surface area (Å²) in [6, 6.07) is 8.94. The average molecular weight is 276 g/mol. The number of carbonyl (C=O) groups excluding carboxylic acids is 1. The van der Waals surface area contributed by atoms with E-state index < -0.39 is 0 Å². The van der Waals surface area contributed by atoms with E-state index >= 15 is 0 Å². The lowest BCUT2D eigenvalue weighted by Gasteiger charge is -2.04. The first-order valence-corrected chi connectivity index (χ1v) is 6.89. The Morgan fingerprint density at radius 1 is 1.05 bits per heavy atom. The Morgan fingerprint density at radius 2 is 1.65 bits per heavy atom. The predicted octanol–water partition coefficient (Wildman–Crippen LogP) is 4.41. The Kier molecular flexibility index (Phi) is 9.39. The number of aromatic nitrogens is 2. The highest BCUT2D eigenvalue weighted by molar-refractivity contribution is 5.99. The summed E-state index contributed by atoms with van der Waals surface area (Å²) < 4.78 is 0. The minimum atomic E-state index is -0.296. The number of nitrogens with zero attached hydrogens (tertiary/aromatic N) is 1. The highest BCUT2D eigenvalue weighted by atomic mass is 16.2. The maximum absolute atomic E-state index is 11.5. The van der Waals surface area contributed by atoms with Crippen molar-refractivity contribution in [2.45, 2.75) is 34.6 Å². The molecule has 1 aromatic heterocycles. The summed E-state index contributed by atoms with van der Waals surface area (Å²) in [5.41, 5.74) is 0.747. The normalized spacial score (nSPS) is 8.45. The van der Waals surface area contributed by atoms with Crippen LogP contribution in [0, 0.1) is 6.92 Å². The van der Waals surface area contributed by atoms with Crippen molar-refractivity contribution >= 4 is 17.5 Å². The van der Waals surface area contributed by atoms with Crippen molar-refractivity contribution in [2.75, 3.05) is 10.6 Å². The van der Waals surface area contributed by atoms with Crippen LogP contribution in [-0.2, 0) is 0 Å². The second-order valence-electron chi connectivity index (χ2n) is 3.33. The van der Waals surface area contributed by atoms with Crippen molar-refractivity contribution in [3.8, 4) is 0 Å². The van der Waals surface area contributed by atoms with E-state index in [-0.39, 0.29) is 6.03 Å². The topological polar surface area (TPSA) is 69.8 Å². The number of para-hydroxylation sites is 1.